The predicted octanol–water partition coefficient (Wildman–Crippen LogP) is 5.54. The quantitative estimate of drug-likeness (QED) is 0.621. The zero-order chi connectivity index (χ0) is 18.1. The maximum atomic E-state index is 11.8. The maximum Gasteiger partial charge on any atom is 0.270 e. The molecule has 3 aromatic rings. The second-order valence-electron chi connectivity index (χ2n) is 6.46. The first-order valence-electron chi connectivity index (χ1n) is 8.64. The van der Waals surface area contributed by atoms with E-state index >= 15 is 0 Å². The molecule has 2 heterocycles. The molecule has 0 bridgehead atoms. The lowest BCUT2D eigenvalue weighted by Gasteiger charge is -2.20. The van der Waals surface area contributed by atoms with E-state index in [1.165, 1.54) is 43.4 Å². The fourth-order valence-corrected chi connectivity index (χ4v) is 5.87. The molecular weight excluding hydrogens is 386 g/mol. The molecule has 1 fully saturated rings. The van der Waals surface area contributed by atoms with Gasteiger partial charge in [-0.15, -0.1) is 33.3 Å². The number of primary amides is 1. The number of carbonyl (C=O) groups excluding carboxylic acids is 1. The number of amides is 1. The van der Waals surface area contributed by atoms with Crippen molar-refractivity contribution in [3.8, 4) is 10.4 Å². The molecule has 2 aromatic heterocycles. The summed E-state index contributed by atoms with van der Waals surface area (Å²) in [7, 11) is 0. The van der Waals surface area contributed by atoms with Gasteiger partial charge in [0.2, 0.25) is 0 Å². The Hall–Kier alpha value is -1.63. The lowest BCUT2D eigenvalue weighted by molar-refractivity contribution is 0.0996. The zero-order valence-corrected chi connectivity index (χ0v) is 16.5. The monoisotopic (exact) mass is 403 g/mol. The standard InChI is InChI=1S/C19H18ClN3OS2/c20-12-8-6-11(7-9-12)15-10-14-17(26-15)16(18(21)24)22-23-19(14)25-13-4-2-1-3-5-13/h6-10,13H,1-5H2,(H2,21,24). The van der Waals surface area contributed by atoms with E-state index in [1.54, 1.807) is 11.8 Å². The van der Waals surface area contributed by atoms with E-state index in [0.29, 0.717) is 10.3 Å². The van der Waals surface area contributed by atoms with Gasteiger partial charge in [-0.3, -0.25) is 4.79 Å². The number of carbonyl (C=O) groups is 1. The number of hydrogen-bond acceptors (Lipinski definition) is 5. The van der Waals surface area contributed by atoms with Crippen molar-refractivity contribution >= 4 is 50.7 Å². The Kier molecular flexibility index (Phi) is 5.16. The van der Waals surface area contributed by atoms with Gasteiger partial charge in [0, 0.05) is 20.5 Å². The molecule has 0 saturated heterocycles. The lowest BCUT2D eigenvalue weighted by Crippen LogP contribution is -2.14. The Morgan fingerprint density at radius 3 is 2.58 bits per heavy atom. The summed E-state index contributed by atoms with van der Waals surface area (Å²) in [4.78, 5) is 12.9. The van der Waals surface area contributed by atoms with Crippen molar-refractivity contribution in [3.05, 3.63) is 41.0 Å². The smallest absolute Gasteiger partial charge is 0.270 e. The number of thioether (sulfide) groups is 1. The van der Waals surface area contributed by atoms with Gasteiger partial charge in [-0.2, -0.15) is 0 Å². The molecule has 1 saturated carbocycles. The largest absolute Gasteiger partial charge is 0.364 e. The molecule has 4 nitrogen and oxygen atoms in total. The molecule has 1 aliphatic rings. The highest BCUT2D eigenvalue weighted by molar-refractivity contribution is 8.00. The fraction of sp³-hybridized carbons (Fsp3) is 0.316. The first-order chi connectivity index (χ1) is 12.6. The predicted molar refractivity (Wildman–Crippen MR) is 109 cm³/mol. The summed E-state index contributed by atoms with van der Waals surface area (Å²) in [5.41, 5.74) is 6.83. The van der Waals surface area contributed by atoms with E-state index in [0.717, 1.165) is 25.6 Å². The summed E-state index contributed by atoms with van der Waals surface area (Å²) in [6.07, 6.45) is 6.28. The minimum absolute atomic E-state index is 0.248. The Bertz CT molecular complexity index is 949. The highest BCUT2D eigenvalue weighted by Gasteiger charge is 2.21. The van der Waals surface area contributed by atoms with E-state index in [9.17, 15) is 4.79 Å². The van der Waals surface area contributed by atoms with E-state index in [-0.39, 0.29) is 5.69 Å². The van der Waals surface area contributed by atoms with Crippen LogP contribution in [0.5, 0.6) is 0 Å². The van der Waals surface area contributed by atoms with Crippen molar-refractivity contribution < 1.29 is 4.79 Å². The van der Waals surface area contributed by atoms with Crippen LogP contribution in [0.25, 0.3) is 20.5 Å². The third kappa shape index (κ3) is 3.59. The molecule has 0 spiro atoms. The summed E-state index contributed by atoms with van der Waals surface area (Å²) < 4.78 is 0.816. The van der Waals surface area contributed by atoms with E-state index in [1.807, 2.05) is 24.3 Å². The van der Waals surface area contributed by atoms with Crippen LogP contribution in [-0.4, -0.2) is 21.4 Å². The summed E-state index contributed by atoms with van der Waals surface area (Å²) >= 11 is 9.31. The van der Waals surface area contributed by atoms with E-state index in [2.05, 4.69) is 16.3 Å². The first-order valence-corrected chi connectivity index (χ1v) is 10.7. The van der Waals surface area contributed by atoms with Gasteiger partial charge in [0.25, 0.3) is 5.91 Å². The second kappa shape index (κ2) is 7.55. The first kappa shape index (κ1) is 17.8. The number of nitrogens with two attached hydrogens (primary N) is 1. The molecule has 2 N–H and O–H groups in total. The SMILES string of the molecule is NC(=O)c1nnc(SC2CCCCC2)c2cc(-c3ccc(Cl)cc3)sc12. The molecule has 0 atom stereocenters. The third-order valence-electron chi connectivity index (χ3n) is 4.61. The average Bonchev–Trinajstić information content (AvgIpc) is 3.09. The van der Waals surface area contributed by atoms with Gasteiger partial charge in [-0.05, 0) is 36.6 Å². The summed E-state index contributed by atoms with van der Waals surface area (Å²) in [5, 5.41) is 11.6. The van der Waals surface area contributed by atoms with Crippen LogP contribution in [0.2, 0.25) is 5.02 Å². The molecule has 1 amide bonds. The van der Waals surface area contributed by atoms with Gasteiger partial charge in [0.1, 0.15) is 5.03 Å². The number of thiophene rings is 1. The Morgan fingerprint density at radius 2 is 1.88 bits per heavy atom. The fourth-order valence-electron chi connectivity index (χ4n) is 3.27. The lowest BCUT2D eigenvalue weighted by atomic mass is 10.0. The Balaban J connectivity index is 1.78. The number of nitrogens with zero attached hydrogens (tertiary/aromatic N) is 2. The number of hydrogen-bond donors (Lipinski definition) is 1. The number of aromatic nitrogens is 2. The third-order valence-corrected chi connectivity index (χ3v) is 7.38. The van der Waals surface area contributed by atoms with Gasteiger partial charge in [0.05, 0.1) is 4.70 Å². The van der Waals surface area contributed by atoms with Crippen LogP contribution in [0, 0.1) is 0 Å². The molecule has 0 unspecified atom stereocenters. The average molecular weight is 404 g/mol. The van der Waals surface area contributed by atoms with Crippen molar-refractivity contribution in [2.24, 2.45) is 5.73 Å². The number of benzene rings is 1. The van der Waals surface area contributed by atoms with Crippen molar-refractivity contribution in [1.29, 1.82) is 0 Å². The van der Waals surface area contributed by atoms with Crippen LogP contribution in [0.3, 0.4) is 0 Å². The van der Waals surface area contributed by atoms with Crippen molar-refractivity contribution in [1.82, 2.24) is 10.2 Å². The van der Waals surface area contributed by atoms with Crippen LogP contribution in [0.15, 0.2) is 35.4 Å². The summed E-state index contributed by atoms with van der Waals surface area (Å²) in [6.45, 7) is 0. The molecule has 1 aromatic carbocycles. The van der Waals surface area contributed by atoms with E-state index in [4.69, 9.17) is 17.3 Å². The molecule has 1 aliphatic carbocycles. The number of fused-ring (bicyclic) bond motifs is 1. The molecular formula is C19H18ClN3OS2. The molecule has 26 heavy (non-hydrogen) atoms. The van der Waals surface area contributed by atoms with Crippen LogP contribution in [0.1, 0.15) is 42.6 Å². The number of halogens is 1. The van der Waals surface area contributed by atoms with Gasteiger partial charge in [-0.25, -0.2) is 0 Å². The molecule has 0 radical (unpaired) electrons. The van der Waals surface area contributed by atoms with E-state index < -0.39 is 5.91 Å². The van der Waals surface area contributed by atoms with Gasteiger partial charge < -0.3 is 5.73 Å². The van der Waals surface area contributed by atoms with Crippen molar-refractivity contribution in [2.45, 2.75) is 42.4 Å². The minimum atomic E-state index is -0.541. The minimum Gasteiger partial charge on any atom is -0.364 e. The van der Waals surface area contributed by atoms with Crippen LogP contribution >= 0.6 is 34.7 Å². The van der Waals surface area contributed by atoms with Gasteiger partial charge in [0.15, 0.2) is 5.69 Å². The molecule has 4 rings (SSSR count). The summed E-state index contributed by atoms with van der Waals surface area (Å²) in [5.74, 6) is -0.541. The highest BCUT2D eigenvalue weighted by atomic mass is 35.5. The number of rotatable bonds is 4. The topological polar surface area (TPSA) is 68.9 Å². The van der Waals surface area contributed by atoms with Crippen LogP contribution < -0.4 is 5.73 Å². The zero-order valence-electron chi connectivity index (χ0n) is 14.1. The molecule has 7 heteroatoms. The Morgan fingerprint density at radius 1 is 1.15 bits per heavy atom. The Labute approximate surface area is 165 Å². The molecule has 134 valence electrons. The molecule has 0 aliphatic heterocycles. The maximum absolute atomic E-state index is 11.8. The normalized spacial score (nSPS) is 15.4. The van der Waals surface area contributed by atoms with Gasteiger partial charge >= 0.3 is 0 Å². The van der Waals surface area contributed by atoms with Gasteiger partial charge in [-0.1, -0.05) is 43.0 Å². The summed E-state index contributed by atoms with van der Waals surface area (Å²) in [6, 6.07) is 9.78. The second-order valence-corrected chi connectivity index (χ2v) is 9.23. The van der Waals surface area contributed by atoms with Crippen LogP contribution in [0.4, 0.5) is 0 Å². The van der Waals surface area contributed by atoms with Crippen molar-refractivity contribution in [3.63, 3.8) is 0 Å². The van der Waals surface area contributed by atoms with Crippen LogP contribution in [-0.2, 0) is 0 Å². The highest BCUT2D eigenvalue weighted by Crippen LogP contribution is 2.41. The van der Waals surface area contributed by atoms with Crippen molar-refractivity contribution in [2.75, 3.05) is 0 Å².